The van der Waals surface area contributed by atoms with Gasteiger partial charge in [-0.05, 0) is 19.3 Å². The third-order valence-corrected chi connectivity index (χ3v) is 5.75. The minimum atomic E-state index is 0. The van der Waals surface area contributed by atoms with Crippen molar-refractivity contribution in [2.24, 2.45) is 0 Å². The molecule has 0 amide bonds. The largest absolute Gasteiger partial charge is 1.00 e. The number of halogens is 1. The van der Waals surface area contributed by atoms with Crippen LogP contribution >= 0.6 is 0 Å². The van der Waals surface area contributed by atoms with Gasteiger partial charge in [-0.15, -0.1) is 0 Å². The Balaban J connectivity index is 0. The first-order valence-electron chi connectivity index (χ1n) is 12.7. The minimum absolute atomic E-state index is 0. The lowest BCUT2D eigenvalue weighted by molar-refractivity contribution is -0.499. The van der Waals surface area contributed by atoms with Gasteiger partial charge in [0.2, 0.25) is 0 Å². The van der Waals surface area contributed by atoms with Gasteiger partial charge in [0, 0.05) is 6.42 Å². The van der Waals surface area contributed by atoms with Crippen LogP contribution < -0.4 is 18.1 Å². The lowest BCUT2D eigenvalue weighted by Gasteiger charge is -2.20. The minimum Gasteiger partial charge on any atom is -1.00 e. The summed E-state index contributed by atoms with van der Waals surface area (Å²) >= 11 is 0. The summed E-state index contributed by atoms with van der Waals surface area (Å²) < 4.78 is 6.30. The van der Waals surface area contributed by atoms with Crippen molar-refractivity contribution in [1.82, 2.24) is 0 Å². The summed E-state index contributed by atoms with van der Waals surface area (Å²) in [5, 5.41) is 0. The number of ether oxygens (including phenoxy) is 1. The van der Waals surface area contributed by atoms with Crippen LogP contribution in [-0.4, -0.2) is 12.3 Å². The maximum absolute atomic E-state index is 6.30. The molecule has 3 N–H and O–H groups in total. The molecule has 1 atom stereocenters. The van der Waals surface area contributed by atoms with E-state index >= 15 is 0 Å². The average molecular weight is 420 g/mol. The Bertz CT molecular complexity index is 255. The van der Waals surface area contributed by atoms with Crippen LogP contribution in [0.25, 0.3) is 0 Å². The monoisotopic (exact) mass is 419 g/mol. The van der Waals surface area contributed by atoms with Gasteiger partial charge in [-0.3, -0.25) is 0 Å². The topological polar surface area (TPSA) is 36.9 Å². The molecule has 0 rings (SSSR count). The molecule has 0 bridgehead atoms. The second kappa shape index (κ2) is 25.2. The number of hydrogen-bond acceptors (Lipinski definition) is 1. The van der Waals surface area contributed by atoms with E-state index in [9.17, 15) is 0 Å². The highest BCUT2D eigenvalue weighted by atomic mass is 35.5. The van der Waals surface area contributed by atoms with E-state index < -0.39 is 0 Å². The molecule has 1 unspecified atom stereocenters. The highest BCUT2D eigenvalue weighted by Gasteiger charge is 2.15. The molecule has 2 nitrogen and oxygen atoms in total. The fourth-order valence-electron chi connectivity index (χ4n) is 3.95. The van der Waals surface area contributed by atoms with Crippen LogP contribution in [0.4, 0.5) is 0 Å². The maximum atomic E-state index is 6.30. The van der Waals surface area contributed by atoms with Crippen LogP contribution in [0.3, 0.4) is 0 Å². The number of quaternary nitrogens is 1. The standard InChI is InChI=1S/C25H53NO.ClH/c1-4-7-9-11-13-15-17-19-22-24(27-25(26)21-6-3)23-20-18-16-14-12-10-8-5-2;/h24-25H,4-23,26H2,1-3H3;1H. The second-order valence-corrected chi connectivity index (χ2v) is 8.70. The number of unbranched alkanes of at least 4 members (excludes halogenated alkanes) is 14. The first kappa shape index (κ1) is 30.4. The first-order chi connectivity index (χ1) is 13.2. The Morgan fingerprint density at radius 1 is 0.500 bits per heavy atom. The van der Waals surface area contributed by atoms with Crippen molar-refractivity contribution in [1.29, 1.82) is 0 Å². The van der Waals surface area contributed by atoms with Crippen LogP contribution in [0, 0.1) is 0 Å². The van der Waals surface area contributed by atoms with Crippen molar-refractivity contribution >= 4 is 0 Å². The van der Waals surface area contributed by atoms with E-state index in [1.807, 2.05) is 0 Å². The molecule has 0 saturated heterocycles. The zero-order chi connectivity index (χ0) is 20.0. The van der Waals surface area contributed by atoms with E-state index in [0.717, 1.165) is 6.42 Å². The van der Waals surface area contributed by atoms with Crippen LogP contribution in [0.5, 0.6) is 0 Å². The molecular formula is C25H54ClNO. The van der Waals surface area contributed by atoms with Gasteiger partial charge in [0.1, 0.15) is 0 Å². The van der Waals surface area contributed by atoms with E-state index in [0.29, 0.717) is 6.10 Å². The molecule has 0 aliphatic carbocycles. The highest BCUT2D eigenvalue weighted by molar-refractivity contribution is 4.61. The lowest BCUT2D eigenvalue weighted by Crippen LogP contribution is -3.00. The molecule has 0 saturated carbocycles. The van der Waals surface area contributed by atoms with Crippen molar-refractivity contribution in [3.8, 4) is 0 Å². The zero-order valence-electron chi connectivity index (χ0n) is 19.8. The second-order valence-electron chi connectivity index (χ2n) is 8.70. The van der Waals surface area contributed by atoms with Crippen LogP contribution in [0.1, 0.15) is 149 Å². The van der Waals surface area contributed by atoms with Crippen molar-refractivity contribution in [3.05, 3.63) is 0 Å². The van der Waals surface area contributed by atoms with Crippen molar-refractivity contribution in [3.63, 3.8) is 0 Å². The maximum Gasteiger partial charge on any atom is 0.188 e. The van der Waals surface area contributed by atoms with Crippen LogP contribution in [0.15, 0.2) is 0 Å². The SMILES string of the molecule is CCCCCCCCCCC(CCCCCCCCCC)OC([NH3+])CCC.[Cl-]. The normalized spacial score (nSPS) is 12.3. The summed E-state index contributed by atoms with van der Waals surface area (Å²) in [5.74, 6) is 0. The Hall–Kier alpha value is 0.210. The molecule has 28 heavy (non-hydrogen) atoms. The molecule has 0 radical (unpaired) electrons. The molecule has 0 aromatic rings. The van der Waals surface area contributed by atoms with Gasteiger partial charge >= 0.3 is 0 Å². The van der Waals surface area contributed by atoms with Gasteiger partial charge < -0.3 is 22.9 Å². The summed E-state index contributed by atoms with van der Waals surface area (Å²) in [6.07, 6.45) is 27.8. The van der Waals surface area contributed by atoms with E-state index in [2.05, 4.69) is 26.5 Å². The molecule has 0 aliphatic heterocycles. The van der Waals surface area contributed by atoms with Gasteiger partial charge in [-0.25, -0.2) is 0 Å². The fourth-order valence-corrected chi connectivity index (χ4v) is 3.95. The summed E-state index contributed by atoms with van der Waals surface area (Å²) in [4.78, 5) is 0. The van der Waals surface area contributed by atoms with Gasteiger partial charge in [0.05, 0.1) is 6.10 Å². The summed E-state index contributed by atoms with van der Waals surface area (Å²) in [5.41, 5.74) is 4.22. The average Bonchev–Trinajstić information content (AvgIpc) is 2.66. The van der Waals surface area contributed by atoms with E-state index in [1.54, 1.807) is 0 Å². The molecular weight excluding hydrogens is 366 g/mol. The molecule has 0 fully saturated rings. The Labute approximate surface area is 184 Å². The van der Waals surface area contributed by atoms with E-state index in [4.69, 9.17) is 4.74 Å². The number of hydrogen-bond donors (Lipinski definition) is 1. The highest BCUT2D eigenvalue weighted by Crippen LogP contribution is 2.18. The molecule has 0 spiro atoms. The van der Waals surface area contributed by atoms with Crippen molar-refractivity contribution in [2.75, 3.05) is 0 Å². The predicted molar refractivity (Wildman–Crippen MR) is 121 cm³/mol. The summed E-state index contributed by atoms with van der Waals surface area (Å²) in [7, 11) is 0. The predicted octanol–water partition coefficient (Wildman–Crippen LogP) is 4.81. The van der Waals surface area contributed by atoms with Crippen molar-refractivity contribution in [2.45, 2.75) is 162 Å². The van der Waals surface area contributed by atoms with Gasteiger partial charge in [-0.2, -0.15) is 0 Å². The Morgan fingerprint density at radius 2 is 0.857 bits per heavy atom. The lowest BCUT2D eigenvalue weighted by atomic mass is 10.0. The summed E-state index contributed by atoms with van der Waals surface area (Å²) in [6, 6.07) is 0. The van der Waals surface area contributed by atoms with Crippen LogP contribution in [0.2, 0.25) is 0 Å². The quantitative estimate of drug-likeness (QED) is 0.198. The third-order valence-electron chi connectivity index (χ3n) is 5.75. The van der Waals surface area contributed by atoms with Crippen LogP contribution in [-0.2, 0) is 4.74 Å². The Morgan fingerprint density at radius 3 is 1.21 bits per heavy atom. The Kier molecular flexibility index (Phi) is 27.4. The van der Waals surface area contributed by atoms with Gasteiger partial charge in [0.15, 0.2) is 6.23 Å². The molecule has 0 aromatic heterocycles. The molecule has 3 heteroatoms. The zero-order valence-corrected chi connectivity index (χ0v) is 20.5. The molecule has 172 valence electrons. The van der Waals surface area contributed by atoms with Gasteiger partial charge in [-0.1, -0.05) is 124 Å². The van der Waals surface area contributed by atoms with E-state index in [1.165, 1.54) is 122 Å². The first-order valence-corrected chi connectivity index (χ1v) is 12.7. The van der Waals surface area contributed by atoms with E-state index in [-0.39, 0.29) is 18.6 Å². The van der Waals surface area contributed by atoms with Crippen molar-refractivity contribution < 1.29 is 22.9 Å². The molecule has 0 heterocycles. The summed E-state index contributed by atoms with van der Waals surface area (Å²) in [6.45, 7) is 6.82. The molecule has 0 aromatic carbocycles. The third kappa shape index (κ3) is 22.5. The number of rotatable bonds is 22. The fraction of sp³-hybridized carbons (Fsp3) is 1.00. The van der Waals surface area contributed by atoms with Gasteiger partial charge in [0.25, 0.3) is 0 Å². The molecule has 0 aliphatic rings. The smallest absolute Gasteiger partial charge is 0.188 e.